The van der Waals surface area contributed by atoms with E-state index in [1.807, 2.05) is 13.0 Å². The van der Waals surface area contributed by atoms with Crippen molar-refractivity contribution < 1.29 is 0 Å². The molecule has 2 aromatic carbocycles. The van der Waals surface area contributed by atoms with Gasteiger partial charge >= 0.3 is 0 Å². The Morgan fingerprint density at radius 3 is 2.40 bits per heavy atom. The summed E-state index contributed by atoms with van der Waals surface area (Å²) in [5.41, 5.74) is 11.6. The standard InChI is InChI=1S/C17H20N2S/c1-12-6-4-5-7-14(12)11-19(3)15-8-9-16(17(18)20)13(2)10-15/h4-10H,11H2,1-3H3,(H2,18,20). The summed E-state index contributed by atoms with van der Waals surface area (Å²) in [6, 6.07) is 14.7. The zero-order chi connectivity index (χ0) is 14.7. The molecule has 0 aliphatic rings. The predicted octanol–water partition coefficient (Wildman–Crippen LogP) is 3.57. The molecular weight excluding hydrogens is 264 g/mol. The van der Waals surface area contributed by atoms with Crippen molar-refractivity contribution in [3.63, 3.8) is 0 Å². The van der Waals surface area contributed by atoms with E-state index in [1.165, 1.54) is 16.8 Å². The summed E-state index contributed by atoms with van der Waals surface area (Å²) in [7, 11) is 2.10. The summed E-state index contributed by atoms with van der Waals surface area (Å²) in [6.45, 7) is 5.07. The number of benzene rings is 2. The third kappa shape index (κ3) is 3.17. The zero-order valence-corrected chi connectivity index (χ0v) is 13.0. The van der Waals surface area contributed by atoms with Gasteiger partial charge in [-0.25, -0.2) is 0 Å². The fourth-order valence-corrected chi connectivity index (χ4v) is 2.53. The lowest BCUT2D eigenvalue weighted by Gasteiger charge is -2.21. The molecule has 0 radical (unpaired) electrons. The third-order valence-corrected chi connectivity index (χ3v) is 3.80. The number of hydrogen-bond acceptors (Lipinski definition) is 2. The molecule has 0 saturated carbocycles. The van der Waals surface area contributed by atoms with Crippen molar-refractivity contribution >= 4 is 22.9 Å². The predicted molar refractivity (Wildman–Crippen MR) is 90.4 cm³/mol. The van der Waals surface area contributed by atoms with Crippen LogP contribution in [0, 0.1) is 13.8 Å². The fourth-order valence-electron chi connectivity index (χ4n) is 2.30. The van der Waals surface area contributed by atoms with Crippen molar-refractivity contribution in [2.24, 2.45) is 5.73 Å². The van der Waals surface area contributed by atoms with Crippen molar-refractivity contribution in [3.8, 4) is 0 Å². The van der Waals surface area contributed by atoms with E-state index in [0.717, 1.165) is 17.7 Å². The summed E-state index contributed by atoms with van der Waals surface area (Å²) in [6.07, 6.45) is 0. The highest BCUT2D eigenvalue weighted by Gasteiger charge is 2.07. The number of hydrogen-bond donors (Lipinski definition) is 1. The Bertz CT molecular complexity index is 635. The SMILES string of the molecule is Cc1ccccc1CN(C)c1ccc(C(N)=S)c(C)c1. The summed E-state index contributed by atoms with van der Waals surface area (Å²) in [5, 5.41) is 0. The van der Waals surface area contributed by atoms with Crippen LogP contribution in [0.25, 0.3) is 0 Å². The monoisotopic (exact) mass is 284 g/mol. The molecular formula is C17H20N2S. The van der Waals surface area contributed by atoms with Crippen LogP contribution in [0.4, 0.5) is 5.69 Å². The van der Waals surface area contributed by atoms with Crippen molar-refractivity contribution in [2.45, 2.75) is 20.4 Å². The van der Waals surface area contributed by atoms with Gasteiger partial charge in [0.2, 0.25) is 0 Å². The maximum atomic E-state index is 5.70. The second-order valence-electron chi connectivity index (χ2n) is 5.15. The van der Waals surface area contributed by atoms with Crippen LogP contribution in [-0.2, 0) is 6.54 Å². The average Bonchev–Trinajstić information content (AvgIpc) is 2.40. The highest BCUT2D eigenvalue weighted by Crippen LogP contribution is 2.21. The molecule has 0 bridgehead atoms. The Hall–Kier alpha value is -1.87. The van der Waals surface area contributed by atoms with Gasteiger partial charge in [0.05, 0.1) is 0 Å². The molecule has 0 unspecified atom stereocenters. The van der Waals surface area contributed by atoms with Gasteiger partial charge in [-0.2, -0.15) is 0 Å². The van der Waals surface area contributed by atoms with Crippen LogP contribution >= 0.6 is 12.2 Å². The van der Waals surface area contributed by atoms with E-state index in [-0.39, 0.29) is 0 Å². The quantitative estimate of drug-likeness (QED) is 0.870. The van der Waals surface area contributed by atoms with Crippen LogP contribution in [0.2, 0.25) is 0 Å². The van der Waals surface area contributed by atoms with E-state index in [4.69, 9.17) is 18.0 Å². The second-order valence-corrected chi connectivity index (χ2v) is 5.59. The maximum Gasteiger partial charge on any atom is 0.104 e. The average molecular weight is 284 g/mol. The van der Waals surface area contributed by atoms with Gasteiger partial charge in [-0.05, 0) is 48.7 Å². The van der Waals surface area contributed by atoms with Crippen molar-refractivity contribution in [1.29, 1.82) is 0 Å². The number of nitrogens with zero attached hydrogens (tertiary/aromatic N) is 1. The van der Waals surface area contributed by atoms with Gasteiger partial charge < -0.3 is 10.6 Å². The fraction of sp³-hybridized carbons (Fsp3) is 0.235. The van der Waals surface area contributed by atoms with Crippen LogP contribution in [0.1, 0.15) is 22.3 Å². The van der Waals surface area contributed by atoms with Crippen LogP contribution in [0.3, 0.4) is 0 Å². The van der Waals surface area contributed by atoms with Gasteiger partial charge in [0.25, 0.3) is 0 Å². The highest BCUT2D eigenvalue weighted by atomic mass is 32.1. The van der Waals surface area contributed by atoms with Gasteiger partial charge in [-0.3, -0.25) is 0 Å². The minimum atomic E-state index is 0.454. The summed E-state index contributed by atoms with van der Waals surface area (Å²) >= 11 is 5.04. The lowest BCUT2D eigenvalue weighted by molar-refractivity contribution is 0.913. The molecule has 0 aliphatic heterocycles. The number of nitrogens with two attached hydrogens (primary N) is 1. The molecule has 20 heavy (non-hydrogen) atoms. The van der Waals surface area contributed by atoms with Crippen LogP contribution in [0.5, 0.6) is 0 Å². The van der Waals surface area contributed by atoms with Crippen LogP contribution in [0.15, 0.2) is 42.5 Å². The van der Waals surface area contributed by atoms with E-state index in [1.54, 1.807) is 0 Å². The first-order valence-corrected chi connectivity index (χ1v) is 7.06. The van der Waals surface area contributed by atoms with Crippen molar-refractivity contribution in [3.05, 3.63) is 64.7 Å². The van der Waals surface area contributed by atoms with Gasteiger partial charge in [0.1, 0.15) is 4.99 Å². The van der Waals surface area contributed by atoms with Gasteiger partial charge in [-0.15, -0.1) is 0 Å². The lowest BCUT2D eigenvalue weighted by atomic mass is 10.1. The summed E-state index contributed by atoms with van der Waals surface area (Å²) in [5.74, 6) is 0. The topological polar surface area (TPSA) is 29.3 Å². The van der Waals surface area contributed by atoms with Gasteiger partial charge in [-0.1, -0.05) is 36.5 Å². The molecule has 0 atom stereocenters. The zero-order valence-electron chi connectivity index (χ0n) is 12.2. The minimum absolute atomic E-state index is 0.454. The molecule has 0 heterocycles. The summed E-state index contributed by atoms with van der Waals surface area (Å²) in [4.78, 5) is 2.69. The lowest BCUT2D eigenvalue weighted by Crippen LogP contribution is -2.18. The Labute approximate surface area is 126 Å². The first-order valence-electron chi connectivity index (χ1n) is 6.65. The molecule has 3 heteroatoms. The number of rotatable bonds is 4. The number of anilines is 1. The molecule has 0 amide bonds. The molecule has 0 spiro atoms. The van der Waals surface area contributed by atoms with E-state index >= 15 is 0 Å². The Balaban J connectivity index is 2.22. The van der Waals surface area contributed by atoms with Crippen LogP contribution in [-0.4, -0.2) is 12.0 Å². The first-order chi connectivity index (χ1) is 9.49. The van der Waals surface area contributed by atoms with Crippen molar-refractivity contribution in [2.75, 3.05) is 11.9 Å². The molecule has 0 aromatic heterocycles. The number of aryl methyl sites for hydroxylation is 2. The van der Waals surface area contributed by atoms with E-state index in [9.17, 15) is 0 Å². The molecule has 0 fully saturated rings. The second kappa shape index (κ2) is 6.06. The van der Waals surface area contributed by atoms with Gasteiger partial charge in [0, 0.05) is 24.8 Å². The molecule has 2 nitrogen and oxygen atoms in total. The van der Waals surface area contributed by atoms with E-state index in [2.05, 4.69) is 55.3 Å². The molecule has 2 N–H and O–H groups in total. The van der Waals surface area contributed by atoms with Crippen LogP contribution < -0.4 is 10.6 Å². The smallest absolute Gasteiger partial charge is 0.104 e. The first kappa shape index (κ1) is 14.5. The summed E-state index contributed by atoms with van der Waals surface area (Å²) < 4.78 is 0. The highest BCUT2D eigenvalue weighted by molar-refractivity contribution is 7.80. The maximum absolute atomic E-state index is 5.70. The molecule has 2 rings (SSSR count). The third-order valence-electron chi connectivity index (χ3n) is 3.58. The molecule has 2 aromatic rings. The number of thiocarbonyl (C=S) groups is 1. The Morgan fingerprint density at radius 1 is 1.10 bits per heavy atom. The van der Waals surface area contributed by atoms with Gasteiger partial charge in [0.15, 0.2) is 0 Å². The van der Waals surface area contributed by atoms with E-state index < -0.39 is 0 Å². The van der Waals surface area contributed by atoms with E-state index in [0.29, 0.717) is 4.99 Å². The Kier molecular flexibility index (Phi) is 4.40. The van der Waals surface area contributed by atoms with Crippen molar-refractivity contribution in [1.82, 2.24) is 0 Å². The Morgan fingerprint density at radius 2 is 1.80 bits per heavy atom. The molecule has 0 saturated heterocycles. The molecule has 0 aliphatic carbocycles. The normalized spacial score (nSPS) is 10.3. The largest absolute Gasteiger partial charge is 0.389 e. The molecule has 104 valence electrons. The minimum Gasteiger partial charge on any atom is -0.389 e.